The molecule has 3 aliphatic rings. The Labute approximate surface area is 108 Å². The molecule has 0 radical (unpaired) electrons. The Hall–Kier alpha value is -0.900. The average molecular weight is 295 g/mol. The molecule has 0 N–H and O–H groups in total. The predicted molar refractivity (Wildman–Crippen MR) is 67.9 cm³/mol. The van der Waals surface area contributed by atoms with Gasteiger partial charge in [-0.15, -0.1) is 0 Å². The molecule has 88 valence electrons. The quantitative estimate of drug-likeness (QED) is 0.714. The van der Waals surface area contributed by atoms with E-state index in [-0.39, 0.29) is 5.82 Å². The van der Waals surface area contributed by atoms with Crippen LogP contribution >= 0.6 is 15.9 Å². The lowest BCUT2D eigenvalue weighted by atomic mass is 10.0. The minimum Gasteiger partial charge on any atom is -0.352 e. The number of nitrogens with zero attached hydrogens (tertiary/aromatic N) is 2. The summed E-state index contributed by atoms with van der Waals surface area (Å²) in [6, 6.07) is 4.07. The normalized spacial score (nSPS) is 29.1. The van der Waals surface area contributed by atoms with Gasteiger partial charge in [0.15, 0.2) is 0 Å². The molecular weight excluding hydrogens is 283 g/mol. The van der Waals surface area contributed by atoms with Gasteiger partial charge in [-0.05, 0) is 31.4 Å². The molecule has 1 aliphatic carbocycles. The van der Waals surface area contributed by atoms with Crippen LogP contribution in [-0.2, 0) is 6.54 Å². The Morgan fingerprint density at radius 1 is 1.35 bits per heavy atom. The lowest BCUT2D eigenvalue weighted by Gasteiger charge is -2.34. The van der Waals surface area contributed by atoms with Crippen LogP contribution in [0.15, 0.2) is 21.6 Å². The monoisotopic (exact) mass is 294 g/mol. The van der Waals surface area contributed by atoms with E-state index in [9.17, 15) is 4.39 Å². The molecule has 1 saturated carbocycles. The standard InChI is InChI=1S/C13H12BrFN2/c14-8-4-11(15)10-6-17-9-2-1-7(3-9)13(17)16-12(10)5-8/h4-5,7,9H,1-3,6H2. The highest BCUT2D eigenvalue weighted by Crippen LogP contribution is 2.45. The van der Waals surface area contributed by atoms with Crippen molar-refractivity contribution in [1.29, 1.82) is 0 Å². The van der Waals surface area contributed by atoms with Gasteiger partial charge in [0.05, 0.1) is 5.69 Å². The average Bonchev–Trinajstić information content (AvgIpc) is 2.87. The van der Waals surface area contributed by atoms with Crippen molar-refractivity contribution in [3.05, 3.63) is 28.0 Å². The summed E-state index contributed by atoms with van der Waals surface area (Å²) in [6.07, 6.45) is 3.72. The number of benzene rings is 1. The molecule has 2 nitrogen and oxygen atoms in total. The maximum atomic E-state index is 13.9. The van der Waals surface area contributed by atoms with Gasteiger partial charge < -0.3 is 4.90 Å². The van der Waals surface area contributed by atoms with Crippen LogP contribution in [0.3, 0.4) is 0 Å². The molecule has 0 aromatic heterocycles. The Balaban J connectivity index is 1.87. The van der Waals surface area contributed by atoms with E-state index in [1.54, 1.807) is 0 Å². The van der Waals surface area contributed by atoms with Crippen LogP contribution in [0.4, 0.5) is 10.1 Å². The van der Waals surface area contributed by atoms with Gasteiger partial charge in [0, 0.05) is 28.5 Å². The fourth-order valence-corrected chi connectivity index (χ4v) is 3.82. The van der Waals surface area contributed by atoms with E-state index in [0.717, 1.165) is 15.7 Å². The van der Waals surface area contributed by atoms with Crippen molar-refractivity contribution in [1.82, 2.24) is 4.90 Å². The summed E-state index contributed by atoms with van der Waals surface area (Å²) in [6.45, 7) is 0.703. The van der Waals surface area contributed by atoms with Gasteiger partial charge in [0.25, 0.3) is 0 Å². The third kappa shape index (κ3) is 1.33. The Morgan fingerprint density at radius 2 is 2.24 bits per heavy atom. The van der Waals surface area contributed by atoms with Gasteiger partial charge in [0.2, 0.25) is 0 Å². The molecule has 1 aromatic carbocycles. The maximum absolute atomic E-state index is 13.9. The van der Waals surface area contributed by atoms with Crippen molar-refractivity contribution in [2.45, 2.75) is 31.8 Å². The lowest BCUT2D eigenvalue weighted by molar-refractivity contribution is 0.312. The fourth-order valence-electron chi connectivity index (χ4n) is 3.40. The first-order chi connectivity index (χ1) is 8.22. The summed E-state index contributed by atoms with van der Waals surface area (Å²) in [4.78, 5) is 7.00. The SMILES string of the molecule is Fc1cc(Br)cc2c1CN1C(=N2)C2CCC1C2. The minimum absolute atomic E-state index is 0.139. The zero-order valence-corrected chi connectivity index (χ0v) is 10.9. The van der Waals surface area contributed by atoms with Crippen molar-refractivity contribution >= 4 is 27.5 Å². The molecule has 2 bridgehead atoms. The smallest absolute Gasteiger partial charge is 0.131 e. The zero-order valence-electron chi connectivity index (χ0n) is 9.29. The van der Waals surface area contributed by atoms with Crippen LogP contribution in [-0.4, -0.2) is 16.8 Å². The molecular formula is C13H12BrFN2. The van der Waals surface area contributed by atoms with E-state index in [4.69, 9.17) is 0 Å². The summed E-state index contributed by atoms with van der Waals surface area (Å²) < 4.78 is 14.7. The van der Waals surface area contributed by atoms with Gasteiger partial charge in [-0.1, -0.05) is 15.9 Å². The first-order valence-electron chi connectivity index (χ1n) is 6.05. The molecule has 1 saturated heterocycles. The van der Waals surface area contributed by atoms with Crippen LogP contribution < -0.4 is 0 Å². The van der Waals surface area contributed by atoms with Crippen molar-refractivity contribution < 1.29 is 4.39 Å². The number of hydrogen-bond donors (Lipinski definition) is 0. The van der Waals surface area contributed by atoms with Gasteiger partial charge >= 0.3 is 0 Å². The van der Waals surface area contributed by atoms with E-state index in [1.165, 1.54) is 31.2 Å². The van der Waals surface area contributed by atoms with Gasteiger partial charge in [0.1, 0.15) is 11.7 Å². The second kappa shape index (κ2) is 3.31. The van der Waals surface area contributed by atoms with Crippen molar-refractivity contribution in [2.24, 2.45) is 10.9 Å². The van der Waals surface area contributed by atoms with Gasteiger partial charge in [-0.2, -0.15) is 0 Å². The number of rotatable bonds is 0. The summed E-state index contributed by atoms with van der Waals surface area (Å²) in [5, 5.41) is 0. The largest absolute Gasteiger partial charge is 0.352 e. The van der Waals surface area contributed by atoms with Crippen LogP contribution in [0.5, 0.6) is 0 Å². The van der Waals surface area contributed by atoms with Crippen molar-refractivity contribution in [2.75, 3.05) is 0 Å². The molecule has 4 rings (SSSR count). The number of piperidine rings is 1. The number of fused-ring (bicyclic) bond motifs is 6. The third-order valence-corrected chi connectivity index (χ3v) is 4.66. The van der Waals surface area contributed by atoms with E-state index in [1.807, 2.05) is 6.07 Å². The minimum atomic E-state index is -0.139. The lowest BCUT2D eigenvalue weighted by Crippen LogP contribution is -2.38. The van der Waals surface area contributed by atoms with Crippen LogP contribution in [0.1, 0.15) is 24.8 Å². The van der Waals surface area contributed by atoms with E-state index in [0.29, 0.717) is 18.5 Å². The molecule has 1 aromatic rings. The first-order valence-corrected chi connectivity index (χ1v) is 6.85. The second-order valence-electron chi connectivity index (χ2n) is 5.15. The second-order valence-corrected chi connectivity index (χ2v) is 6.06. The van der Waals surface area contributed by atoms with E-state index >= 15 is 0 Å². The number of hydrogen-bond acceptors (Lipinski definition) is 2. The summed E-state index contributed by atoms with van der Waals surface area (Å²) in [5.41, 5.74) is 1.57. The maximum Gasteiger partial charge on any atom is 0.131 e. The molecule has 2 heterocycles. The Morgan fingerprint density at radius 3 is 3.12 bits per heavy atom. The molecule has 2 atom stereocenters. The first kappa shape index (κ1) is 10.1. The summed E-state index contributed by atoms with van der Waals surface area (Å²) in [7, 11) is 0. The molecule has 17 heavy (non-hydrogen) atoms. The molecule has 2 fully saturated rings. The topological polar surface area (TPSA) is 15.6 Å². The summed E-state index contributed by atoms with van der Waals surface area (Å²) >= 11 is 3.33. The van der Waals surface area contributed by atoms with Crippen LogP contribution in [0, 0.1) is 11.7 Å². The van der Waals surface area contributed by atoms with Crippen molar-refractivity contribution in [3.8, 4) is 0 Å². The van der Waals surface area contributed by atoms with E-state index < -0.39 is 0 Å². The molecule has 2 aliphatic heterocycles. The highest BCUT2D eigenvalue weighted by molar-refractivity contribution is 9.10. The highest BCUT2D eigenvalue weighted by Gasteiger charge is 2.44. The Bertz CT molecular complexity index is 540. The van der Waals surface area contributed by atoms with Gasteiger partial charge in [-0.25, -0.2) is 9.38 Å². The zero-order chi connectivity index (χ0) is 11.6. The molecule has 0 spiro atoms. The fraction of sp³-hybridized carbons (Fsp3) is 0.462. The number of aliphatic imine (C=N–C) groups is 1. The van der Waals surface area contributed by atoms with Crippen molar-refractivity contribution in [3.63, 3.8) is 0 Å². The summed E-state index contributed by atoms with van der Waals surface area (Å²) in [5.74, 6) is 1.68. The Kier molecular flexibility index (Phi) is 1.96. The van der Waals surface area contributed by atoms with E-state index in [2.05, 4.69) is 25.8 Å². The predicted octanol–water partition coefficient (Wildman–Crippen LogP) is 3.62. The van der Waals surface area contributed by atoms with Gasteiger partial charge in [-0.3, -0.25) is 0 Å². The molecule has 4 heteroatoms. The van der Waals surface area contributed by atoms with Crippen LogP contribution in [0.2, 0.25) is 0 Å². The van der Waals surface area contributed by atoms with Crippen LogP contribution in [0.25, 0.3) is 0 Å². The number of halogens is 2. The third-order valence-electron chi connectivity index (χ3n) is 4.21. The number of amidine groups is 1. The highest BCUT2D eigenvalue weighted by atomic mass is 79.9. The molecule has 2 unspecified atom stereocenters. The molecule has 0 amide bonds.